The maximum atomic E-state index is 13.0. The Morgan fingerprint density at radius 2 is 1.80 bits per heavy atom. The third kappa shape index (κ3) is 7.80. The lowest BCUT2D eigenvalue weighted by atomic mass is 10.1. The van der Waals surface area contributed by atoms with Crippen LogP contribution in [0.2, 0.25) is 10.0 Å². The third-order valence-electron chi connectivity index (χ3n) is 4.32. The number of halogens is 3. The van der Waals surface area contributed by atoms with Crippen LogP contribution in [0.1, 0.15) is 31.9 Å². The smallest absolute Gasteiger partial charge is 0.242 e. The Balaban J connectivity index is 2.08. The van der Waals surface area contributed by atoms with Gasteiger partial charge in [-0.2, -0.15) is 0 Å². The van der Waals surface area contributed by atoms with Crippen LogP contribution in [-0.2, 0) is 21.9 Å². The lowest BCUT2D eigenvalue weighted by Crippen LogP contribution is -2.49. The Labute approximate surface area is 200 Å². The summed E-state index contributed by atoms with van der Waals surface area (Å²) in [4.78, 5) is 27.2. The highest BCUT2D eigenvalue weighted by atomic mass is 79.9. The predicted octanol–water partition coefficient (Wildman–Crippen LogP) is 5.93. The van der Waals surface area contributed by atoms with Gasteiger partial charge in [-0.15, -0.1) is 11.8 Å². The van der Waals surface area contributed by atoms with E-state index in [4.69, 9.17) is 23.2 Å². The molecule has 2 aromatic rings. The highest BCUT2D eigenvalue weighted by Gasteiger charge is 2.26. The number of rotatable bonds is 9. The van der Waals surface area contributed by atoms with E-state index in [1.54, 1.807) is 24.0 Å². The fourth-order valence-corrected chi connectivity index (χ4v) is 4.41. The van der Waals surface area contributed by atoms with Crippen molar-refractivity contribution >= 4 is 62.7 Å². The number of amides is 2. The third-order valence-corrected chi connectivity index (χ3v) is 6.54. The van der Waals surface area contributed by atoms with E-state index in [2.05, 4.69) is 21.2 Å². The molecule has 0 aliphatic rings. The van der Waals surface area contributed by atoms with Crippen molar-refractivity contribution in [2.45, 2.75) is 45.2 Å². The molecule has 0 aliphatic carbocycles. The van der Waals surface area contributed by atoms with Crippen LogP contribution in [0, 0.1) is 0 Å². The van der Waals surface area contributed by atoms with Gasteiger partial charge in [0.1, 0.15) is 6.04 Å². The Hall–Kier alpha value is -1.21. The maximum Gasteiger partial charge on any atom is 0.242 e. The molecule has 0 aliphatic heterocycles. The van der Waals surface area contributed by atoms with E-state index < -0.39 is 6.04 Å². The molecule has 162 valence electrons. The van der Waals surface area contributed by atoms with Crippen LogP contribution in [-0.4, -0.2) is 34.6 Å². The molecule has 0 saturated heterocycles. The minimum Gasteiger partial charge on any atom is -0.352 e. The van der Waals surface area contributed by atoms with Crippen LogP contribution in [0.5, 0.6) is 0 Å². The van der Waals surface area contributed by atoms with Crippen molar-refractivity contribution in [3.8, 4) is 0 Å². The number of hydrogen-bond acceptors (Lipinski definition) is 3. The van der Waals surface area contributed by atoms with Gasteiger partial charge in [0.05, 0.1) is 15.8 Å². The summed E-state index contributed by atoms with van der Waals surface area (Å²) in [6.07, 6.45) is 0. The Morgan fingerprint density at radius 1 is 1.07 bits per heavy atom. The monoisotopic (exact) mass is 530 g/mol. The van der Waals surface area contributed by atoms with E-state index in [9.17, 15) is 9.59 Å². The van der Waals surface area contributed by atoms with Crippen molar-refractivity contribution in [2.75, 3.05) is 5.75 Å². The molecule has 2 amide bonds. The molecule has 0 unspecified atom stereocenters. The molecule has 8 heteroatoms. The first-order valence-corrected chi connectivity index (χ1v) is 12.2. The summed E-state index contributed by atoms with van der Waals surface area (Å²) in [5.74, 6) is 0.627. The molecule has 2 aromatic carbocycles. The average molecular weight is 532 g/mol. The van der Waals surface area contributed by atoms with E-state index in [0.29, 0.717) is 22.3 Å². The largest absolute Gasteiger partial charge is 0.352 e. The first kappa shape index (κ1) is 25.1. The highest BCUT2D eigenvalue weighted by Crippen LogP contribution is 2.25. The van der Waals surface area contributed by atoms with Crippen molar-refractivity contribution in [1.82, 2.24) is 10.2 Å². The number of nitrogens with one attached hydrogen (secondary N) is 1. The van der Waals surface area contributed by atoms with Gasteiger partial charge in [-0.25, -0.2) is 0 Å². The van der Waals surface area contributed by atoms with E-state index in [-0.39, 0.29) is 23.6 Å². The Bertz CT molecular complexity index is 895. The van der Waals surface area contributed by atoms with E-state index >= 15 is 0 Å². The number of nitrogens with zero attached hydrogens (tertiary/aromatic N) is 1. The summed E-state index contributed by atoms with van der Waals surface area (Å²) in [5, 5.41) is 3.90. The second-order valence-electron chi connectivity index (χ2n) is 7.23. The van der Waals surface area contributed by atoms with Crippen LogP contribution in [0.4, 0.5) is 0 Å². The standard InChI is InChI=1S/C22H25BrCl2N2O2S/c1-14(2)26-22(29)15(3)27(11-16-5-4-6-18(23)9-16)21(28)13-30-12-17-7-8-19(24)20(25)10-17/h4-10,14-15H,11-13H2,1-3H3,(H,26,29)/t15-/m0/s1. The summed E-state index contributed by atoms with van der Waals surface area (Å²) in [5.41, 5.74) is 1.95. The molecule has 2 rings (SSSR count). The number of hydrogen-bond donors (Lipinski definition) is 1. The molecule has 0 saturated carbocycles. The van der Waals surface area contributed by atoms with Gasteiger partial charge in [0, 0.05) is 22.8 Å². The van der Waals surface area contributed by atoms with Crippen molar-refractivity contribution < 1.29 is 9.59 Å². The fraction of sp³-hybridized carbons (Fsp3) is 0.364. The van der Waals surface area contributed by atoms with E-state index in [1.807, 2.05) is 44.2 Å². The Morgan fingerprint density at radius 3 is 2.43 bits per heavy atom. The highest BCUT2D eigenvalue weighted by molar-refractivity contribution is 9.10. The van der Waals surface area contributed by atoms with Crippen molar-refractivity contribution in [1.29, 1.82) is 0 Å². The van der Waals surface area contributed by atoms with Crippen LogP contribution in [0.25, 0.3) is 0 Å². The molecule has 4 nitrogen and oxygen atoms in total. The predicted molar refractivity (Wildman–Crippen MR) is 130 cm³/mol. The van der Waals surface area contributed by atoms with Gasteiger partial charge in [-0.3, -0.25) is 9.59 Å². The summed E-state index contributed by atoms with van der Waals surface area (Å²) < 4.78 is 0.931. The fourth-order valence-electron chi connectivity index (χ4n) is 2.79. The molecule has 0 spiro atoms. The number of thioether (sulfide) groups is 1. The van der Waals surface area contributed by atoms with Gasteiger partial charge in [0.25, 0.3) is 0 Å². The van der Waals surface area contributed by atoms with Crippen LogP contribution in [0.15, 0.2) is 46.9 Å². The maximum absolute atomic E-state index is 13.0. The second kappa shape index (κ2) is 12.0. The second-order valence-corrected chi connectivity index (χ2v) is 9.95. The number of carbonyl (C=O) groups excluding carboxylic acids is 2. The lowest BCUT2D eigenvalue weighted by Gasteiger charge is -2.29. The molecular formula is C22H25BrCl2N2O2S. The molecule has 0 fully saturated rings. The van der Waals surface area contributed by atoms with Crippen molar-refractivity contribution in [2.24, 2.45) is 0 Å². The first-order valence-electron chi connectivity index (χ1n) is 9.53. The van der Waals surface area contributed by atoms with Gasteiger partial charge in [-0.05, 0) is 56.2 Å². The lowest BCUT2D eigenvalue weighted by molar-refractivity contribution is -0.138. The molecular weight excluding hydrogens is 507 g/mol. The minimum atomic E-state index is -0.579. The van der Waals surface area contributed by atoms with Gasteiger partial charge < -0.3 is 10.2 Å². The normalized spacial score (nSPS) is 12.0. The molecule has 30 heavy (non-hydrogen) atoms. The first-order chi connectivity index (χ1) is 14.2. The molecule has 0 bridgehead atoms. The number of carbonyl (C=O) groups is 2. The molecule has 1 atom stereocenters. The molecule has 1 N–H and O–H groups in total. The zero-order valence-electron chi connectivity index (χ0n) is 17.1. The van der Waals surface area contributed by atoms with Gasteiger partial charge in [0.2, 0.25) is 11.8 Å². The summed E-state index contributed by atoms with van der Waals surface area (Å²) in [6.45, 7) is 5.92. The zero-order chi connectivity index (χ0) is 22.3. The van der Waals surface area contributed by atoms with Crippen molar-refractivity contribution in [3.63, 3.8) is 0 Å². The van der Waals surface area contributed by atoms with E-state index in [1.165, 1.54) is 11.8 Å². The van der Waals surface area contributed by atoms with Gasteiger partial charge in [0.15, 0.2) is 0 Å². The van der Waals surface area contributed by atoms with Gasteiger partial charge in [-0.1, -0.05) is 57.3 Å². The van der Waals surface area contributed by atoms with E-state index in [0.717, 1.165) is 15.6 Å². The SMILES string of the molecule is CC(C)NC(=O)[C@H](C)N(Cc1cccc(Br)c1)C(=O)CSCc1ccc(Cl)c(Cl)c1. The summed E-state index contributed by atoms with van der Waals surface area (Å²) >= 11 is 17.0. The topological polar surface area (TPSA) is 49.4 Å². The average Bonchev–Trinajstić information content (AvgIpc) is 2.67. The van der Waals surface area contributed by atoms with Gasteiger partial charge >= 0.3 is 0 Å². The molecule has 0 heterocycles. The van der Waals surface area contributed by atoms with Crippen LogP contribution >= 0.6 is 50.9 Å². The minimum absolute atomic E-state index is 0.00630. The zero-order valence-corrected chi connectivity index (χ0v) is 21.0. The van der Waals surface area contributed by atoms with Crippen molar-refractivity contribution in [3.05, 3.63) is 68.1 Å². The molecule has 0 radical (unpaired) electrons. The quantitative estimate of drug-likeness (QED) is 0.436. The van der Waals surface area contributed by atoms with Crippen LogP contribution < -0.4 is 5.32 Å². The number of benzene rings is 2. The summed E-state index contributed by atoms with van der Waals surface area (Å²) in [7, 11) is 0. The van der Waals surface area contributed by atoms with Crippen LogP contribution in [0.3, 0.4) is 0 Å². The summed E-state index contributed by atoms with van der Waals surface area (Å²) in [6, 6.07) is 12.6. The molecule has 0 aromatic heterocycles. The Kier molecular flexibility index (Phi) is 10.0.